The fourth-order valence-corrected chi connectivity index (χ4v) is 3.38. The normalized spacial score (nSPS) is 40.1. The number of carboxylic acid groups (broad SMARTS) is 1. The molecule has 1 aliphatic heterocycles. The fourth-order valence-electron chi connectivity index (χ4n) is 3.38. The molecule has 2 fully saturated rings. The van der Waals surface area contributed by atoms with Gasteiger partial charge in [-0.3, -0.25) is 9.69 Å². The molecule has 0 aromatic carbocycles. The highest BCUT2D eigenvalue weighted by Crippen LogP contribution is 2.35. The monoisotopic (exact) mass is 241 g/mol. The third-order valence-electron chi connectivity index (χ3n) is 4.50. The number of hydrogen-bond donors (Lipinski definition) is 2. The molecule has 17 heavy (non-hydrogen) atoms. The van der Waals surface area contributed by atoms with E-state index in [0.29, 0.717) is 6.42 Å². The highest BCUT2D eigenvalue weighted by Gasteiger charge is 2.47. The van der Waals surface area contributed by atoms with Gasteiger partial charge in [0.15, 0.2) is 0 Å². The van der Waals surface area contributed by atoms with Crippen LogP contribution < -0.4 is 0 Å². The molecule has 0 spiro atoms. The second-order valence-electron chi connectivity index (χ2n) is 5.65. The van der Waals surface area contributed by atoms with Crippen molar-refractivity contribution in [1.82, 2.24) is 4.90 Å². The van der Waals surface area contributed by atoms with Crippen LogP contribution in [0.25, 0.3) is 0 Å². The molecule has 2 aliphatic rings. The summed E-state index contributed by atoms with van der Waals surface area (Å²) in [6.07, 6.45) is 6.35. The zero-order valence-electron chi connectivity index (χ0n) is 10.6. The van der Waals surface area contributed by atoms with Crippen LogP contribution in [0.5, 0.6) is 0 Å². The maximum atomic E-state index is 11.4. The number of aliphatic hydroxyl groups is 1. The molecule has 0 aromatic heterocycles. The van der Waals surface area contributed by atoms with Gasteiger partial charge in [0.1, 0.15) is 5.54 Å². The first kappa shape index (κ1) is 12.8. The zero-order valence-corrected chi connectivity index (χ0v) is 10.6. The summed E-state index contributed by atoms with van der Waals surface area (Å²) in [5.41, 5.74) is -0.768. The fraction of sp³-hybridized carbons (Fsp3) is 0.923. The van der Waals surface area contributed by atoms with Crippen LogP contribution in [0.2, 0.25) is 0 Å². The van der Waals surface area contributed by atoms with E-state index >= 15 is 0 Å². The van der Waals surface area contributed by atoms with E-state index in [1.54, 1.807) is 6.92 Å². The van der Waals surface area contributed by atoms with Crippen molar-refractivity contribution < 1.29 is 15.0 Å². The number of hydrogen-bond acceptors (Lipinski definition) is 3. The number of carbonyl (C=O) groups is 1. The minimum Gasteiger partial charge on any atom is -0.480 e. The Morgan fingerprint density at radius 3 is 2.65 bits per heavy atom. The van der Waals surface area contributed by atoms with E-state index < -0.39 is 11.5 Å². The van der Waals surface area contributed by atoms with E-state index in [-0.39, 0.29) is 12.1 Å². The topological polar surface area (TPSA) is 60.8 Å². The Bertz CT molecular complexity index is 294. The number of carboxylic acids is 1. The van der Waals surface area contributed by atoms with Crippen LogP contribution in [0.15, 0.2) is 0 Å². The van der Waals surface area contributed by atoms with Crippen molar-refractivity contribution in [2.75, 3.05) is 6.54 Å². The average molecular weight is 241 g/mol. The quantitative estimate of drug-likeness (QED) is 0.721. The van der Waals surface area contributed by atoms with E-state index in [1.165, 1.54) is 0 Å². The summed E-state index contributed by atoms with van der Waals surface area (Å²) in [7, 11) is 0. The number of likely N-dealkylation sites (tertiary alicyclic amines) is 1. The van der Waals surface area contributed by atoms with Gasteiger partial charge >= 0.3 is 5.97 Å². The van der Waals surface area contributed by atoms with Crippen LogP contribution in [0.1, 0.15) is 51.9 Å². The standard InChI is InChI=1S/C13H23NO3/c1-13(12(16)17)8-5-9-14(13)10-6-3-2-4-7-11(10)15/h10-11,15H,2-9H2,1H3,(H,16,17). The zero-order chi connectivity index (χ0) is 12.5. The Balaban J connectivity index is 2.16. The predicted octanol–water partition coefficient (Wildman–Crippen LogP) is 1.62. The molecule has 4 nitrogen and oxygen atoms in total. The van der Waals surface area contributed by atoms with Crippen molar-refractivity contribution in [3.8, 4) is 0 Å². The molecule has 0 aromatic rings. The molecule has 3 atom stereocenters. The van der Waals surface area contributed by atoms with Crippen molar-refractivity contribution in [2.24, 2.45) is 0 Å². The first-order valence-corrected chi connectivity index (χ1v) is 6.74. The minimum atomic E-state index is -0.768. The largest absolute Gasteiger partial charge is 0.480 e. The summed E-state index contributed by atoms with van der Waals surface area (Å²) >= 11 is 0. The molecule has 0 amide bonds. The van der Waals surface area contributed by atoms with Gasteiger partial charge in [-0.15, -0.1) is 0 Å². The van der Waals surface area contributed by atoms with E-state index in [4.69, 9.17) is 0 Å². The lowest BCUT2D eigenvalue weighted by molar-refractivity contribution is -0.151. The number of aliphatic hydroxyl groups excluding tert-OH is 1. The van der Waals surface area contributed by atoms with Gasteiger partial charge < -0.3 is 10.2 Å². The van der Waals surface area contributed by atoms with Crippen LogP contribution in [0.4, 0.5) is 0 Å². The van der Waals surface area contributed by atoms with Crippen LogP contribution in [-0.2, 0) is 4.79 Å². The lowest BCUT2D eigenvalue weighted by atomic mass is 9.94. The summed E-state index contributed by atoms with van der Waals surface area (Å²) in [5.74, 6) is -0.744. The molecule has 4 heteroatoms. The van der Waals surface area contributed by atoms with E-state index in [9.17, 15) is 15.0 Å². The highest BCUT2D eigenvalue weighted by atomic mass is 16.4. The van der Waals surface area contributed by atoms with Crippen LogP contribution in [-0.4, -0.2) is 45.3 Å². The van der Waals surface area contributed by atoms with E-state index in [1.807, 2.05) is 4.90 Å². The van der Waals surface area contributed by atoms with Crippen molar-refractivity contribution in [2.45, 2.75) is 69.6 Å². The Morgan fingerprint density at radius 1 is 1.24 bits per heavy atom. The highest BCUT2D eigenvalue weighted by molar-refractivity contribution is 5.78. The molecule has 2 N–H and O–H groups in total. The third kappa shape index (κ3) is 2.33. The van der Waals surface area contributed by atoms with Gasteiger partial charge in [0, 0.05) is 6.04 Å². The molecule has 2 rings (SSSR count). The molecule has 1 aliphatic carbocycles. The summed E-state index contributed by atoms with van der Waals surface area (Å²) < 4.78 is 0. The molecule has 3 unspecified atom stereocenters. The lowest BCUT2D eigenvalue weighted by Crippen LogP contribution is -2.55. The third-order valence-corrected chi connectivity index (χ3v) is 4.50. The second kappa shape index (κ2) is 4.94. The summed E-state index contributed by atoms with van der Waals surface area (Å²) in [5, 5.41) is 19.6. The summed E-state index contributed by atoms with van der Waals surface area (Å²) in [6.45, 7) is 2.62. The van der Waals surface area contributed by atoms with Gasteiger partial charge in [0.05, 0.1) is 6.10 Å². The molecule has 98 valence electrons. The SMILES string of the molecule is CC1(C(=O)O)CCCN1C1CCCCCC1O. The lowest BCUT2D eigenvalue weighted by Gasteiger charge is -2.39. The number of aliphatic carboxylic acids is 1. The number of rotatable bonds is 2. The maximum Gasteiger partial charge on any atom is 0.323 e. The van der Waals surface area contributed by atoms with Gasteiger partial charge in [-0.2, -0.15) is 0 Å². The summed E-state index contributed by atoms with van der Waals surface area (Å²) in [4.78, 5) is 13.5. The van der Waals surface area contributed by atoms with Crippen molar-refractivity contribution in [3.05, 3.63) is 0 Å². The molecule has 1 saturated carbocycles. The number of nitrogens with zero attached hydrogens (tertiary/aromatic N) is 1. The van der Waals surface area contributed by atoms with E-state index in [2.05, 4.69) is 0 Å². The smallest absolute Gasteiger partial charge is 0.323 e. The van der Waals surface area contributed by atoms with Crippen LogP contribution in [0, 0.1) is 0 Å². The molecule has 1 heterocycles. The van der Waals surface area contributed by atoms with E-state index in [0.717, 1.165) is 45.1 Å². The summed E-state index contributed by atoms with van der Waals surface area (Å²) in [6, 6.07) is 0.0427. The minimum absolute atomic E-state index is 0.0427. The van der Waals surface area contributed by atoms with Crippen molar-refractivity contribution >= 4 is 5.97 Å². The van der Waals surface area contributed by atoms with Crippen LogP contribution in [0.3, 0.4) is 0 Å². The molecule has 0 radical (unpaired) electrons. The Morgan fingerprint density at radius 2 is 1.94 bits per heavy atom. The molecule has 1 saturated heterocycles. The van der Waals surface area contributed by atoms with Crippen molar-refractivity contribution in [1.29, 1.82) is 0 Å². The second-order valence-corrected chi connectivity index (χ2v) is 5.65. The first-order valence-electron chi connectivity index (χ1n) is 6.74. The average Bonchev–Trinajstić information content (AvgIpc) is 2.54. The van der Waals surface area contributed by atoms with Gasteiger partial charge in [0.2, 0.25) is 0 Å². The molecular formula is C13H23NO3. The molecular weight excluding hydrogens is 218 g/mol. The van der Waals surface area contributed by atoms with Gasteiger partial charge in [-0.25, -0.2) is 0 Å². The maximum absolute atomic E-state index is 11.4. The van der Waals surface area contributed by atoms with Crippen molar-refractivity contribution in [3.63, 3.8) is 0 Å². The van der Waals surface area contributed by atoms with Gasteiger partial charge in [0.25, 0.3) is 0 Å². The van der Waals surface area contributed by atoms with Gasteiger partial charge in [-0.1, -0.05) is 19.3 Å². The van der Waals surface area contributed by atoms with Gasteiger partial charge in [-0.05, 0) is 39.2 Å². The van der Waals surface area contributed by atoms with Crippen LogP contribution >= 0.6 is 0 Å². The molecule has 0 bridgehead atoms. The Labute approximate surface area is 103 Å². The first-order chi connectivity index (χ1) is 8.05. The Hall–Kier alpha value is -0.610. The Kier molecular flexibility index (Phi) is 3.73. The predicted molar refractivity (Wildman–Crippen MR) is 64.9 cm³/mol.